The number of thiazole rings is 1. The molecule has 2 aromatic carbocycles. The van der Waals surface area contributed by atoms with Gasteiger partial charge in [-0.2, -0.15) is 0 Å². The van der Waals surface area contributed by atoms with Gasteiger partial charge in [-0.1, -0.05) is 0 Å². The number of nitro benzene ring substituents is 1. The molecule has 1 N–H and O–H groups in total. The highest BCUT2D eigenvalue weighted by atomic mass is 32.1. The molecule has 0 unspecified atom stereocenters. The third-order valence-electron chi connectivity index (χ3n) is 4.68. The van der Waals surface area contributed by atoms with E-state index in [1.165, 1.54) is 36.6 Å². The van der Waals surface area contributed by atoms with E-state index in [1.54, 1.807) is 7.11 Å². The number of imidazole rings is 1. The summed E-state index contributed by atoms with van der Waals surface area (Å²) in [4.78, 5) is 28.5. The van der Waals surface area contributed by atoms with Crippen molar-refractivity contribution in [2.75, 3.05) is 19.5 Å². The zero-order valence-electron chi connectivity index (χ0n) is 16.7. The van der Waals surface area contributed by atoms with Gasteiger partial charge in [-0.15, -0.1) is 11.3 Å². The lowest BCUT2D eigenvalue weighted by atomic mass is 10.2. The Morgan fingerprint density at radius 2 is 1.97 bits per heavy atom. The molecule has 0 aliphatic rings. The molecule has 9 nitrogen and oxygen atoms in total. The summed E-state index contributed by atoms with van der Waals surface area (Å²) in [6.07, 6.45) is 1.95. The quantitative estimate of drug-likeness (QED) is 0.343. The third-order valence-corrected chi connectivity index (χ3v) is 5.57. The van der Waals surface area contributed by atoms with Gasteiger partial charge in [-0.3, -0.25) is 19.3 Å². The molecule has 31 heavy (non-hydrogen) atoms. The van der Waals surface area contributed by atoms with Crippen LogP contribution in [-0.4, -0.2) is 34.4 Å². The van der Waals surface area contributed by atoms with Gasteiger partial charge in [0.25, 0.3) is 5.69 Å². The maximum absolute atomic E-state index is 12.6. The molecule has 0 atom stereocenters. The number of rotatable bonds is 7. The van der Waals surface area contributed by atoms with E-state index < -0.39 is 4.92 Å². The first-order chi connectivity index (χ1) is 15.0. The fraction of sp³-hybridized carbons (Fsp3) is 0.143. The van der Waals surface area contributed by atoms with E-state index in [1.807, 2.05) is 40.2 Å². The van der Waals surface area contributed by atoms with Crippen LogP contribution in [0.25, 0.3) is 16.2 Å². The average molecular weight is 438 g/mol. The Hall–Kier alpha value is -3.92. The first-order valence-corrected chi connectivity index (χ1v) is 10.1. The number of benzene rings is 2. The van der Waals surface area contributed by atoms with Crippen molar-refractivity contribution >= 4 is 33.6 Å². The number of fused-ring (bicyclic) bond motifs is 1. The zero-order chi connectivity index (χ0) is 22.0. The smallest absolute Gasteiger partial charge is 0.271 e. The Morgan fingerprint density at radius 3 is 2.65 bits per heavy atom. The number of hydrogen-bond acceptors (Lipinski definition) is 7. The first-order valence-electron chi connectivity index (χ1n) is 9.20. The van der Waals surface area contributed by atoms with Crippen LogP contribution < -0.4 is 14.8 Å². The maximum Gasteiger partial charge on any atom is 0.271 e. The second-order valence-corrected chi connectivity index (χ2v) is 7.44. The van der Waals surface area contributed by atoms with Crippen LogP contribution in [0.15, 0.2) is 54.0 Å². The summed E-state index contributed by atoms with van der Waals surface area (Å²) >= 11 is 1.43. The normalized spacial score (nSPS) is 10.8. The minimum absolute atomic E-state index is 0.0737. The lowest BCUT2D eigenvalue weighted by molar-refractivity contribution is -0.384. The predicted octanol–water partition coefficient (Wildman–Crippen LogP) is 4.17. The highest BCUT2D eigenvalue weighted by molar-refractivity contribution is 7.15. The summed E-state index contributed by atoms with van der Waals surface area (Å²) in [6.45, 7) is 0. The van der Waals surface area contributed by atoms with E-state index in [0.717, 1.165) is 27.7 Å². The van der Waals surface area contributed by atoms with Crippen molar-refractivity contribution in [2.24, 2.45) is 0 Å². The molecule has 2 aromatic heterocycles. The summed E-state index contributed by atoms with van der Waals surface area (Å²) in [5.41, 5.74) is 2.60. The van der Waals surface area contributed by atoms with Crippen LogP contribution in [0.3, 0.4) is 0 Å². The maximum atomic E-state index is 12.6. The minimum atomic E-state index is -0.524. The molecule has 2 heterocycles. The number of anilines is 1. The van der Waals surface area contributed by atoms with Crippen LogP contribution in [0.4, 0.5) is 11.4 Å². The van der Waals surface area contributed by atoms with E-state index >= 15 is 0 Å². The van der Waals surface area contributed by atoms with Crippen LogP contribution in [0.1, 0.15) is 5.69 Å². The van der Waals surface area contributed by atoms with Crippen molar-refractivity contribution in [3.8, 4) is 22.8 Å². The van der Waals surface area contributed by atoms with Gasteiger partial charge in [0.1, 0.15) is 11.5 Å². The van der Waals surface area contributed by atoms with E-state index in [0.29, 0.717) is 5.75 Å². The van der Waals surface area contributed by atoms with Gasteiger partial charge in [0.05, 0.1) is 36.9 Å². The van der Waals surface area contributed by atoms with E-state index in [4.69, 9.17) is 9.47 Å². The zero-order valence-corrected chi connectivity index (χ0v) is 17.5. The van der Waals surface area contributed by atoms with Gasteiger partial charge in [0.2, 0.25) is 5.91 Å². The Morgan fingerprint density at radius 1 is 1.19 bits per heavy atom. The molecule has 1 amide bonds. The summed E-state index contributed by atoms with van der Waals surface area (Å²) < 4.78 is 12.2. The molecule has 0 fully saturated rings. The molecule has 0 spiro atoms. The van der Waals surface area contributed by atoms with Gasteiger partial charge in [0.15, 0.2) is 4.96 Å². The summed E-state index contributed by atoms with van der Waals surface area (Å²) in [7, 11) is 3.05. The number of aromatic nitrogens is 2. The highest BCUT2D eigenvalue weighted by Gasteiger charge is 2.16. The highest BCUT2D eigenvalue weighted by Crippen LogP contribution is 2.29. The SMILES string of the molecule is COc1ccc(-c2cn3c(CC(=O)Nc4cc([N+](=O)[O-])ccc4OC)csc3n2)cc1. The lowest BCUT2D eigenvalue weighted by Crippen LogP contribution is -2.16. The molecule has 4 rings (SSSR count). The van der Waals surface area contributed by atoms with Crippen molar-refractivity contribution in [1.82, 2.24) is 9.38 Å². The number of amides is 1. The van der Waals surface area contributed by atoms with E-state index in [9.17, 15) is 14.9 Å². The molecule has 0 aliphatic heterocycles. The number of nitro groups is 1. The lowest BCUT2D eigenvalue weighted by Gasteiger charge is -2.09. The van der Waals surface area contributed by atoms with Crippen LogP contribution in [0.5, 0.6) is 11.5 Å². The number of non-ortho nitro benzene ring substituents is 1. The monoisotopic (exact) mass is 438 g/mol. The fourth-order valence-electron chi connectivity index (χ4n) is 3.12. The third kappa shape index (κ3) is 4.19. The standard InChI is InChI=1S/C21H18N4O5S/c1-29-16-6-3-13(4-7-16)18-11-24-15(12-31-21(24)23-18)10-20(26)22-17-9-14(25(27)28)5-8-19(17)30-2/h3-9,11-12H,10H2,1-2H3,(H,22,26). The molecule has 0 saturated carbocycles. The number of methoxy groups -OCH3 is 2. The first kappa shape index (κ1) is 20.4. The Kier molecular flexibility index (Phi) is 5.54. The molecule has 0 saturated heterocycles. The second-order valence-electron chi connectivity index (χ2n) is 6.60. The minimum Gasteiger partial charge on any atom is -0.497 e. The van der Waals surface area contributed by atoms with Crippen LogP contribution in [0.2, 0.25) is 0 Å². The molecule has 158 valence electrons. The van der Waals surface area contributed by atoms with Crippen LogP contribution in [-0.2, 0) is 11.2 Å². The average Bonchev–Trinajstić information content (AvgIpc) is 3.35. The topological polar surface area (TPSA) is 108 Å². The fourth-order valence-corrected chi connectivity index (χ4v) is 4.00. The number of hydrogen-bond donors (Lipinski definition) is 1. The van der Waals surface area contributed by atoms with Crippen molar-refractivity contribution in [3.05, 3.63) is 69.8 Å². The van der Waals surface area contributed by atoms with Crippen LogP contribution >= 0.6 is 11.3 Å². The second kappa shape index (κ2) is 8.44. The van der Waals surface area contributed by atoms with Gasteiger partial charge in [-0.25, -0.2) is 4.98 Å². The molecule has 4 aromatic rings. The molecule has 0 bridgehead atoms. The number of carbonyl (C=O) groups excluding carboxylic acids is 1. The van der Waals surface area contributed by atoms with E-state index in [-0.39, 0.29) is 23.7 Å². The molecular formula is C21H18N4O5S. The van der Waals surface area contributed by atoms with Crippen molar-refractivity contribution in [3.63, 3.8) is 0 Å². The summed E-state index contributed by atoms with van der Waals surface area (Å²) in [5.74, 6) is 0.788. The van der Waals surface area contributed by atoms with Crippen molar-refractivity contribution in [1.29, 1.82) is 0 Å². The van der Waals surface area contributed by atoms with Gasteiger partial charge < -0.3 is 14.8 Å². The molecular weight excluding hydrogens is 420 g/mol. The van der Waals surface area contributed by atoms with E-state index in [2.05, 4.69) is 10.3 Å². The Bertz CT molecular complexity index is 1260. The largest absolute Gasteiger partial charge is 0.497 e. The Labute approximate surface area is 181 Å². The van der Waals surface area contributed by atoms with Crippen LogP contribution in [0, 0.1) is 10.1 Å². The summed E-state index contributed by atoms with van der Waals surface area (Å²) in [6, 6.07) is 11.6. The molecule has 10 heteroatoms. The Balaban J connectivity index is 1.55. The van der Waals surface area contributed by atoms with Crippen molar-refractivity contribution in [2.45, 2.75) is 6.42 Å². The van der Waals surface area contributed by atoms with Gasteiger partial charge >= 0.3 is 0 Å². The van der Waals surface area contributed by atoms with Gasteiger partial charge in [0, 0.05) is 35.0 Å². The molecule has 0 radical (unpaired) electrons. The predicted molar refractivity (Wildman–Crippen MR) is 117 cm³/mol. The van der Waals surface area contributed by atoms with Crippen molar-refractivity contribution < 1.29 is 19.2 Å². The van der Waals surface area contributed by atoms with Gasteiger partial charge in [-0.05, 0) is 30.3 Å². The number of nitrogens with one attached hydrogen (secondary N) is 1. The number of ether oxygens (including phenoxy) is 2. The number of carbonyl (C=O) groups is 1. The molecule has 0 aliphatic carbocycles. The summed E-state index contributed by atoms with van der Waals surface area (Å²) in [5, 5.41) is 15.6. The number of nitrogens with zero attached hydrogens (tertiary/aromatic N) is 3.